The van der Waals surface area contributed by atoms with Gasteiger partial charge in [-0.15, -0.1) is 0 Å². The first-order valence-corrected chi connectivity index (χ1v) is 8.60. The van der Waals surface area contributed by atoms with E-state index in [0.717, 1.165) is 5.56 Å². The van der Waals surface area contributed by atoms with Crippen LogP contribution < -0.4 is 14.8 Å². The Morgan fingerprint density at radius 2 is 2.04 bits per heavy atom. The molecule has 0 saturated carbocycles. The van der Waals surface area contributed by atoms with Gasteiger partial charge in [0.2, 0.25) is 11.8 Å². The van der Waals surface area contributed by atoms with E-state index in [1.54, 1.807) is 12.1 Å². The second-order valence-corrected chi connectivity index (χ2v) is 6.16. The highest BCUT2D eigenvalue weighted by atomic mass is 19.3. The lowest BCUT2D eigenvalue weighted by Crippen LogP contribution is -2.25. The number of hydrogen-bond donors (Lipinski definition) is 1. The fourth-order valence-electron chi connectivity index (χ4n) is 2.32. The molecular formula is C18H23F2N3O4. The predicted octanol–water partition coefficient (Wildman–Crippen LogP) is 3.09. The Morgan fingerprint density at radius 3 is 2.67 bits per heavy atom. The van der Waals surface area contributed by atoms with Crippen LogP contribution in [0.25, 0.3) is 0 Å². The topological polar surface area (TPSA) is 86.5 Å². The van der Waals surface area contributed by atoms with Crippen LogP contribution in [0.1, 0.15) is 43.5 Å². The summed E-state index contributed by atoms with van der Waals surface area (Å²) in [6.45, 7) is 1.41. The highest BCUT2D eigenvalue weighted by molar-refractivity contribution is 5.76. The van der Waals surface area contributed by atoms with E-state index in [-0.39, 0.29) is 29.7 Å². The molecule has 0 aliphatic rings. The third-order valence-electron chi connectivity index (χ3n) is 3.75. The van der Waals surface area contributed by atoms with Gasteiger partial charge in [-0.05, 0) is 24.1 Å². The largest absolute Gasteiger partial charge is 0.493 e. The van der Waals surface area contributed by atoms with Crippen molar-refractivity contribution in [2.24, 2.45) is 0 Å². The molecular weight excluding hydrogens is 360 g/mol. The van der Waals surface area contributed by atoms with E-state index in [9.17, 15) is 13.6 Å². The number of ether oxygens (including phenoxy) is 2. The van der Waals surface area contributed by atoms with Crippen LogP contribution in [0, 0.1) is 0 Å². The molecule has 1 amide bonds. The third kappa shape index (κ3) is 6.50. The summed E-state index contributed by atoms with van der Waals surface area (Å²) in [6, 6.07) is 4.68. The minimum atomic E-state index is -2.92. The molecule has 148 valence electrons. The second-order valence-electron chi connectivity index (χ2n) is 6.16. The molecule has 0 atom stereocenters. The maximum atomic E-state index is 12.3. The van der Waals surface area contributed by atoms with Crippen LogP contribution in [0.3, 0.4) is 0 Å². The zero-order chi connectivity index (χ0) is 19.8. The summed E-state index contributed by atoms with van der Waals surface area (Å²) >= 11 is 0. The number of carbonyl (C=O) groups excluding carboxylic acids is 1. The van der Waals surface area contributed by atoms with Crippen LogP contribution >= 0.6 is 0 Å². The van der Waals surface area contributed by atoms with Gasteiger partial charge in [-0.3, -0.25) is 4.79 Å². The number of nitrogens with zero attached hydrogens (tertiary/aromatic N) is 2. The van der Waals surface area contributed by atoms with E-state index in [1.807, 2.05) is 13.8 Å². The Hall–Kier alpha value is -2.71. The first kappa shape index (κ1) is 20.6. The number of alkyl halides is 2. The van der Waals surface area contributed by atoms with Crippen molar-refractivity contribution >= 4 is 5.91 Å². The maximum absolute atomic E-state index is 12.3. The molecule has 7 nitrogen and oxygen atoms in total. The smallest absolute Gasteiger partial charge is 0.387 e. The summed E-state index contributed by atoms with van der Waals surface area (Å²) in [7, 11) is 1.38. The molecule has 1 aromatic carbocycles. The minimum absolute atomic E-state index is 0.0272. The molecule has 1 heterocycles. The quantitative estimate of drug-likeness (QED) is 0.678. The zero-order valence-corrected chi connectivity index (χ0v) is 15.5. The van der Waals surface area contributed by atoms with Gasteiger partial charge in [0.1, 0.15) is 0 Å². The van der Waals surface area contributed by atoms with E-state index >= 15 is 0 Å². The molecule has 0 unspecified atom stereocenters. The molecule has 0 bridgehead atoms. The van der Waals surface area contributed by atoms with Crippen LogP contribution in [0.4, 0.5) is 8.78 Å². The van der Waals surface area contributed by atoms with Gasteiger partial charge in [0.15, 0.2) is 17.3 Å². The predicted molar refractivity (Wildman–Crippen MR) is 93.0 cm³/mol. The van der Waals surface area contributed by atoms with E-state index < -0.39 is 6.61 Å². The van der Waals surface area contributed by atoms with Gasteiger partial charge in [0.25, 0.3) is 0 Å². The van der Waals surface area contributed by atoms with Crippen LogP contribution in [0.2, 0.25) is 0 Å². The fraction of sp³-hybridized carbons (Fsp3) is 0.500. The highest BCUT2D eigenvalue weighted by Crippen LogP contribution is 2.29. The Balaban J connectivity index is 1.77. The van der Waals surface area contributed by atoms with Crippen molar-refractivity contribution in [3.63, 3.8) is 0 Å². The SMILES string of the molecule is COc1cc(CCNC(=O)CCc2nc(C(C)C)no2)ccc1OC(F)F. The summed E-state index contributed by atoms with van der Waals surface area (Å²) in [4.78, 5) is 16.1. The molecule has 27 heavy (non-hydrogen) atoms. The molecule has 0 radical (unpaired) electrons. The van der Waals surface area contributed by atoms with Crippen LogP contribution in [-0.4, -0.2) is 36.3 Å². The van der Waals surface area contributed by atoms with Gasteiger partial charge in [-0.25, -0.2) is 0 Å². The van der Waals surface area contributed by atoms with Gasteiger partial charge < -0.3 is 19.3 Å². The highest BCUT2D eigenvalue weighted by Gasteiger charge is 2.12. The third-order valence-corrected chi connectivity index (χ3v) is 3.75. The molecule has 9 heteroatoms. The summed E-state index contributed by atoms with van der Waals surface area (Å²) in [6.07, 6.45) is 1.14. The number of carbonyl (C=O) groups is 1. The average Bonchev–Trinajstić information content (AvgIpc) is 3.10. The summed E-state index contributed by atoms with van der Waals surface area (Å²) in [5.74, 6) is 1.29. The van der Waals surface area contributed by atoms with Crippen molar-refractivity contribution in [2.45, 2.75) is 45.6 Å². The molecule has 0 aliphatic carbocycles. The van der Waals surface area contributed by atoms with Gasteiger partial charge in [-0.1, -0.05) is 25.1 Å². The lowest BCUT2D eigenvalue weighted by atomic mass is 10.1. The maximum Gasteiger partial charge on any atom is 0.387 e. The van der Waals surface area contributed by atoms with Crippen molar-refractivity contribution in [1.82, 2.24) is 15.5 Å². The number of hydrogen-bond acceptors (Lipinski definition) is 6. The van der Waals surface area contributed by atoms with Crippen molar-refractivity contribution in [3.05, 3.63) is 35.5 Å². The number of amides is 1. The van der Waals surface area contributed by atoms with E-state index in [0.29, 0.717) is 31.1 Å². The Bertz CT molecular complexity index is 750. The molecule has 2 aromatic rings. The van der Waals surface area contributed by atoms with E-state index in [2.05, 4.69) is 20.2 Å². The number of aromatic nitrogens is 2. The van der Waals surface area contributed by atoms with E-state index in [4.69, 9.17) is 9.26 Å². The first-order chi connectivity index (χ1) is 12.9. The number of methoxy groups -OCH3 is 1. The number of halogens is 2. The molecule has 0 spiro atoms. The van der Waals surface area contributed by atoms with Gasteiger partial charge in [-0.2, -0.15) is 13.8 Å². The molecule has 0 saturated heterocycles. The lowest BCUT2D eigenvalue weighted by Gasteiger charge is -2.11. The molecule has 0 fully saturated rings. The minimum Gasteiger partial charge on any atom is -0.493 e. The standard InChI is InChI=1S/C18H23F2N3O4/c1-11(2)17-22-16(27-23-17)7-6-15(24)21-9-8-12-4-5-13(26-18(19)20)14(10-12)25-3/h4-5,10-11,18H,6-9H2,1-3H3,(H,21,24). The van der Waals surface area contributed by atoms with Gasteiger partial charge >= 0.3 is 6.61 Å². The number of aryl methyl sites for hydroxylation is 1. The van der Waals surface area contributed by atoms with Crippen molar-refractivity contribution in [3.8, 4) is 11.5 Å². The van der Waals surface area contributed by atoms with Crippen molar-refractivity contribution in [1.29, 1.82) is 0 Å². The van der Waals surface area contributed by atoms with Gasteiger partial charge in [0, 0.05) is 25.3 Å². The Labute approximate surface area is 156 Å². The van der Waals surface area contributed by atoms with Crippen molar-refractivity contribution in [2.75, 3.05) is 13.7 Å². The zero-order valence-electron chi connectivity index (χ0n) is 15.5. The Morgan fingerprint density at radius 1 is 1.26 bits per heavy atom. The summed E-state index contributed by atoms with van der Waals surface area (Å²) in [5.41, 5.74) is 0.826. The van der Waals surface area contributed by atoms with E-state index in [1.165, 1.54) is 13.2 Å². The van der Waals surface area contributed by atoms with Crippen LogP contribution in [0.15, 0.2) is 22.7 Å². The van der Waals surface area contributed by atoms with Crippen LogP contribution in [-0.2, 0) is 17.6 Å². The summed E-state index contributed by atoms with van der Waals surface area (Å²) in [5, 5.41) is 6.64. The number of benzene rings is 1. The average molecular weight is 383 g/mol. The monoisotopic (exact) mass is 383 g/mol. The molecule has 0 aliphatic heterocycles. The second kappa shape index (κ2) is 9.84. The lowest BCUT2D eigenvalue weighted by molar-refractivity contribution is -0.121. The fourth-order valence-corrected chi connectivity index (χ4v) is 2.32. The van der Waals surface area contributed by atoms with Crippen LogP contribution in [0.5, 0.6) is 11.5 Å². The Kier molecular flexibility index (Phi) is 7.51. The van der Waals surface area contributed by atoms with Crippen molar-refractivity contribution < 1.29 is 27.6 Å². The molecule has 2 rings (SSSR count). The normalized spacial score (nSPS) is 11.1. The molecule has 1 aromatic heterocycles. The number of nitrogens with one attached hydrogen (secondary N) is 1. The van der Waals surface area contributed by atoms with Gasteiger partial charge in [0.05, 0.1) is 7.11 Å². The first-order valence-electron chi connectivity index (χ1n) is 8.60. The molecule has 1 N–H and O–H groups in total. The number of rotatable bonds is 10. The summed E-state index contributed by atoms with van der Waals surface area (Å²) < 4.78 is 39.2.